The number of urea groups is 1. The van der Waals surface area contributed by atoms with E-state index in [9.17, 15) is 14.4 Å². The van der Waals surface area contributed by atoms with Crippen molar-refractivity contribution in [2.24, 2.45) is 0 Å². The summed E-state index contributed by atoms with van der Waals surface area (Å²) in [6.45, 7) is 1.68. The fourth-order valence-corrected chi connectivity index (χ4v) is 3.18. The Morgan fingerprint density at radius 1 is 1.38 bits per heavy atom. The van der Waals surface area contributed by atoms with Gasteiger partial charge in [0, 0.05) is 24.7 Å². The number of nitrogens with one attached hydrogen (secondary N) is 2. The molecule has 128 valence electrons. The first-order chi connectivity index (χ1) is 11.6. The molecule has 2 N–H and O–H groups in total. The van der Waals surface area contributed by atoms with Gasteiger partial charge < -0.3 is 15.5 Å². The predicted octanol–water partition coefficient (Wildman–Crippen LogP) is 0.562. The normalized spacial score (nSPS) is 21.1. The van der Waals surface area contributed by atoms with Gasteiger partial charge in [-0.15, -0.1) is 0 Å². The van der Waals surface area contributed by atoms with E-state index in [-0.39, 0.29) is 30.9 Å². The van der Waals surface area contributed by atoms with Crippen molar-refractivity contribution in [1.82, 2.24) is 20.4 Å². The van der Waals surface area contributed by atoms with Crippen molar-refractivity contribution < 1.29 is 14.4 Å². The van der Waals surface area contributed by atoms with Crippen LogP contribution in [0.15, 0.2) is 24.3 Å². The summed E-state index contributed by atoms with van der Waals surface area (Å²) in [6.07, 6.45) is 2.06. The molecule has 0 saturated carbocycles. The molecule has 0 spiro atoms. The van der Waals surface area contributed by atoms with E-state index in [2.05, 4.69) is 10.6 Å². The number of likely N-dealkylation sites (tertiary alicyclic amines) is 1. The topological polar surface area (TPSA) is 81.8 Å². The van der Waals surface area contributed by atoms with Crippen LogP contribution in [0, 0.1) is 0 Å². The molecule has 24 heavy (non-hydrogen) atoms. The maximum absolute atomic E-state index is 12.7. The quantitative estimate of drug-likeness (QED) is 0.791. The Morgan fingerprint density at radius 2 is 2.21 bits per heavy atom. The standard InChI is InChI=1S/C17H22N4O3/c1-18-14-6-3-7-20(11-14)16(23)13-5-2-4-12(8-13)10-21-15(22)9-19-17(21)24/h2,4-5,8,14,18H,3,6-7,9-11H2,1H3,(H,19,24)/t14-/m0/s1. The van der Waals surface area contributed by atoms with Crippen molar-refractivity contribution in [3.63, 3.8) is 0 Å². The van der Waals surface area contributed by atoms with Crippen LogP contribution < -0.4 is 10.6 Å². The van der Waals surface area contributed by atoms with Gasteiger partial charge in [-0.2, -0.15) is 0 Å². The Balaban J connectivity index is 1.71. The van der Waals surface area contributed by atoms with Gasteiger partial charge in [-0.1, -0.05) is 12.1 Å². The van der Waals surface area contributed by atoms with Crippen molar-refractivity contribution in [2.45, 2.75) is 25.4 Å². The minimum atomic E-state index is -0.385. The molecule has 0 aliphatic carbocycles. The Bertz CT molecular complexity index is 645. The predicted molar refractivity (Wildman–Crippen MR) is 88.4 cm³/mol. The highest BCUT2D eigenvalue weighted by molar-refractivity contribution is 6.02. The molecule has 2 fully saturated rings. The highest BCUT2D eigenvalue weighted by atomic mass is 16.2. The molecular weight excluding hydrogens is 308 g/mol. The van der Waals surface area contributed by atoms with E-state index in [0.717, 1.165) is 24.9 Å². The van der Waals surface area contributed by atoms with E-state index in [0.29, 0.717) is 18.2 Å². The van der Waals surface area contributed by atoms with Crippen LogP contribution in [0.5, 0.6) is 0 Å². The van der Waals surface area contributed by atoms with Crippen molar-refractivity contribution in [3.8, 4) is 0 Å². The summed E-state index contributed by atoms with van der Waals surface area (Å²) in [7, 11) is 1.91. The number of likely N-dealkylation sites (N-methyl/N-ethyl adjacent to an activating group) is 1. The lowest BCUT2D eigenvalue weighted by Crippen LogP contribution is -2.47. The molecule has 0 aromatic heterocycles. The molecule has 0 radical (unpaired) electrons. The summed E-state index contributed by atoms with van der Waals surface area (Å²) in [6, 6.07) is 7.11. The lowest BCUT2D eigenvalue weighted by Gasteiger charge is -2.32. The fourth-order valence-electron chi connectivity index (χ4n) is 3.18. The van der Waals surface area contributed by atoms with Gasteiger partial charge in [-0.25, -0.2) is 4.79 Å². The van der Waals surface area contributed by atoms with Crippen molar-refractivity contribution in [3.05, 3.63) is 35.4 Å². The molecule has 7 heteroatoms. The van der Waals surface area contributed by atoms with Gasteiger partial charge in [0.2, 0.25) is 5.91 Å². The van der Waals surface area contributed by atoms with Crippen LogP contribution in [-0.2, 0) is 11.3 Å². The van der Waals surface area contributed by atoms with E-state index >= 15 is 0 Å². The molecule has 0 bridgehead atoms. The smallest absolute Gasteiger partial charge is 0.324 e. The van der Waals surface area contributed by atoms with Crippen LogP contribution in [0.4, 0.5) is 4.79 Å². The van der Waals surface area contributed by atoms with Crippen LogP contribution in [0.25, 0.3) is 0 Å². The first-order valence-corrected chi connectivity index (χ1v) is 8.22. The van der Waals surface area contributed by atoms with Gasteiger partial charge in [0.15, 0.2) is 0 Å². The number of hydrogen-bond acceptors (Lipinski definition) is 4. The summed E-state index contributed by atoms with van der Waals surface area (Å²) < 4.78 is 0. The third-order valence-electron chi connectivity index (χ3n) is 4.57. The number of benzene rings is 1. The highest BCUT2D eigenvalue weighted by Gasteiger charge is 2.29. The molecule has 0 unspecified atom stereocenters. The van der Waals surface area contributed by atoms with Gasteiger partial charge in [0.05, 0.1) is 13.1 Å². The van der Waals surface area contributed by atoms with Crippen molar-refractivity contribution in [1.29, 1.82) is 0 Å². The molecule has 2 saturated heterocycles. The minimum Gasteiger partial charge on any atom is -0.337 e. The molecule has 1 atom stereocenters. The Labute approximate surface area is 141 Å². The van der Waals surface area contributed by atoms with E-state index < -0.39 is 0 Å². The summed E-state index contributed by atoms with van der Waals surface area (Å²) in [4.78, 5) is 39.1. The lowest BCUT2D eigenvalue weighted by atomic mass is 10.0. The number of amides is 4. The van der Waals surface area contributed by atoms with E-state index in [4.69, 9.17) is 0 Å². The zero-order chi connectivity index (χ0) is 17.1. The molecule has 2 aliphatic rings. The number of nitrogens with zero attached hydrogens (tertiary/aromatic N) is 2. The van der Waals surface area contributed by atoms with Crippen LogP contribution in [0.2, 0.25) is 0 Å². The maximum atomic E-state index is 12.7. The Hall–Kier alpha value is -2.41. The molecule has 1 aromatic rings. The van der Waals surface area contributed by atoms with Crippen LogP contribution in [0.3, 0.4) is 0 Å². The number of hydrogen-bond donors (Lipinski definition) is 2. The number of rotatable bonds is 4. The summed E-state index contributed by atoms with van der Waals surface area (Å²) >= 11 is 0. The van der Waals surface area contributed by atoms with E-state index in [1.54, 1.807) is 18.2 Å². The van der Waals surface area contributed by atoms with Crippen LogP contribution in [-0.4, -0.2) is 60.4 Å². The van der Waals surface area contributed by atoms with Crippen molar-refractivity contribution in [2.75, 3.05) is 26.7 Å². The second kappa shape index (κ2) is 7.00. The molecule has 1 aromatic carbocycles. The molecule has 3 rings (SSSR count). The second-order valence-electron chi connectivity index (χ2n) is 6.22. The second-order valence-corrected chi connectivity index (χ2v) is 6.22. The van der Waals surface area contributed by atoms with Gasteiger partial charge in [-0.05, 0) is 37.6 Å². The average molecular weight is 330 g/mol. The van der Waals surface area contributed by atoms with Gasteiger partial charge in [-0.3, -0.25) is 14.5 Å². The average Bonchev–Trinajstić information content (AvgIpc) is 2.93. The number of imide groups is 1. The Morgan fingerprint density at radius 3 is 2.92 bits per heavy atom. The first-order valence-electron chi connectivity index (χ1n) is 8.22. The van der Waals surface area contributed by atoms with Gasteiger partial charge in [0.1, 0.15) is 0 Å². The third-order valence-corrected chi connectivity index (χ3v) is 4.57. The molecule has 4 amide bonds. The Kier molecular flexibility index (Phi) is 4.80. The molecule has 7 nitrogen and oxygen atoms in total. The minimum absolute atomic E-state index is 0.00556. The molecular formula is C17H22N4O3. The number of piperidine rings is 1. The zero-order valence-corrected chi connectivity index (χ0v) is 13.7. The number of carbonyl (C=O) groups is 3. The summed E-state index contributed by atoms with van der Waals surface area (Å²) in [5, 5.41) is 5.72. The fraction of sp³-hybridized carbons (Fsp3) is 0.471. The number of carbonyl (C=O) groups excluding carboxylic acids is 3. The van der Waals surface area contributed by atoms with Crippen molar-refractivity contribution >= 4 is 17.8 Å². The largest absolute Gasteiger partial charge is 0.337 e. The van der Waals surface area contributed by atoms with Gasteiger partial charge in [0.25, 0.3) is 5.91 Å². The van der Waals surface area contributed by atoms with Gasteiger partial charge >= 0.3 is 6.03 Å². The van der Waals surface area contributed by atoms with Crippen LogP contribution >= 0.6 is 0 Å². The van der Waals surface area contributed by atoms with E-state index in [1.807, 2.05) is 18.0 Å². The maximum Gasteiger partial charge on any atom is 0.324 e. The third kappa shape index (κ3) is 3.41. The molecule has 2 heterocycles. The SMILES string of the molecule is CN[C@H]1CCCN(C(=O)c2cccc(CN3C(=O)CNC3=O)c2)C1. The summed E-state index contributed by atoms with van der Waals surface area (Å²) in [5.41, 5.74) is 1.37. The van der Waals surface area contributed by atoms with E-state index in [1.165, 1.54) is 4.90 Å². The lowest BCUT2D eigenvalue weighted by molar-refractivity contribution is -0.125. The highest BCUT2D eigenvalue weighted by Crippen LogP contribution is 2.16. The molecule has 2 aliphatic heterocycles. The first kappa shape index (κ1) is 16.4. The van der Waals surface area contributed by atoms with Crippen LogP contribution in [0.1, 0.15) is 28.8 Å². The summed E-state index contributed by atoms with van der Waals surface area (Å²) in [5.74, 6) is -0.251. The zero-order valence-electron chi connectivity index (χ0n) is 13.7. The monoisotopic (exact) mass is 330 g/mol.